The van der Waals surface area contributed by atoms with Gasteiger partial charge >= 0.3 is 0 Å². The van der Waals surface area contributed by atoms with Crippen molar-refractivity contribution in [2.75, 3.05) is 5.32 Å². The molecule has 1 nitrogen and oxygen atoms in total. The topological polar surface area (TPSA) is 12.0 Å². The number of hydrogen-bond acceptors (Lipinski definition) is 2. The summed E-state index contributed by atoms with van der Waals surface area (Å²) in [4.78, 5) is 0. The largest absolute Gasteiger partial charge is 0.381 e. The predicted molar refractivity (Wildman–Crippen MR) is 60.9 cm³/mol. The van der Waals surface area contributed by atoms with E-state index < -0.39 is 0 Å². The fourth-order valence-corrected chi connectivity index (χ4v) is 2.77. The molecule has 0 amide bonds. The number of nitrogens with one attached hydrogen (secondary N) is 1. The number of fused-ring (bicyclic) bond motifs is 2. The van der Waals surface area contributed by atoms with Crippen molar-refractivity contribution >= 4 is 17.0 Å². The maximum atomic E-state index is 3.47. The second kappa shape index (κ2) is 3.14. The van der Waals surface area contributed by atoms with E-state index in [1.54, 1.807) is 11.3 Å². The first-order valence-electron chi connectivity index (χ1n) is 4.79. The number of hydrogen-bond donors (Lipinski definition) is 1. The minimum Gasteiger partial charge on any atom is -0.381 e. The Bertz CT molecular complexity index is 459. The molecule has 0 atom stereocenters. The molecule has 0 unspecified atom stereocenters. The van der Waals surface area contributed by atoms with Crippen LogP contribution in [0.3, 0.4) is 0 Å². The molecule has 0 fully saturated rings. The van der Waals surface area contributed by atoms with E-state index in [9.17, 15) is 0 Å². The molecule has 1 aliphatic heterocycles. The molecule has 1 N–H and O–H groups in total. The molecule has 2 aromatic rings. The molecule has 2 heteroatoms. The van der Waals surface area contributed by atoms with Gasteiger partial charge in [0.15, 0.2) is 0 Å². The molecule has 1 aromatic heterocycles. The van der Waals surface area contributed by atoms with E-state index in [4.69, 9.17) is 0 Å². The molecule has 0 saturated heterocycles. The van der Waals surface area contributed by atoms with Gasteiger partial charge in [0.05, 0.1) is 0 Å². The number of rotatable bonds is 0. The van der Waals surface area contributed by atoms with Crippen molar-refractivity contribution in [1.29, 1.82) is 0 Å². The van der Waals surface area contributed by atoms with Crippen LogP contribution in [0.2, 0.25) is 0 Å². The zero-order valence-electron chi connectivity index (χ0n) is 7.79. The molecule has 1 aromatic carbocycles. The fraction of sp³-hybridized carbons (Fsp3) is 0.167. The lowest BCUT2D eigenvalue weighted by Gasteiger charge is -2.05. The van der Waals surface area contributed by atoms with Gasteiger partial charge in [-0.15, -0.1) is 0 Å². The minimum atomic E-state index is 0.968. The van der Waals surface area contributed by atoms with Gasteiger partial charge < -0.3 is 5.32 Å². The number of thiophene rings is 1. The van der Waals surface area contributed by atoms with Crippen LogP contribution in [-0.2, 0) is 13.0 Å². The first-order valence-corrected chi connectivity index (χ1v) is 5.73. The molecule has 3 rings (SSSR count). The quantitative estimate of drug-likeness (QED) is 0.690. The maximum absolute atomic E-state index is 3.47. The smallest absolute Gasteiger partial charge is 0.0411 e. The van der Waals surface area contributed by atoms with Crippen LogP contribution in [0.1, 0.15) is 16.7 Å². The highest BCUT2D eigenvalue weighted by atomic mass is 32.1. The fourth-order valence-electron chi connectivity index (χ4n) is 1.90. The third-order valence-electron chi connectivity index (χ3n) is 2.70. The monoisotopic (exact) mass is 201 g/mol. The second-order valence-electron chi connectivity index (χ2n) is 3.61. The molecule has 14 heavy (non-hydrogen) atoms. The minimum absolute atomic E-state index is 0.968. The van der Waals surface area contributed by atoms with Crippen molar-refractivity contribution in [3.05, 3.63) is 51.7 Å². The summed E-state index contributed by atoms with van der Waals surface area (Å²) in [5, 5.41) is 7.98. The Morgan fingerprint density at radius 2 is 1.86 bits per heavy atom. The molecular weight excluding hydrogens is 190 g/mol. The Kier molecular flexibility index (Phi) is 1.81. The number of para-hydroxylation sites is 1. The van der Waals surface area contributed by atoms with E-state index in [1.165, 1.54) is 22.4 Å². The average Bonchev–Trinajstić information content (AvgIpc) is 2.58. The Morgan fingerprint density at radius 3 is 2.86 bits per heavy atom. The van der Waals surface area contributed by atoms with Crippen LogP contribution in [0.5, 0.6) is 0 Å². The Balaban J connectivity index is 2.10. The highest BCUT2D eigenvalue weighted by Crippen LogP contribution is 2.27. The standard InChI is InChI=1S/C12H11NS/c1-2-4-12-9(3-1)5-10-7-14-8-11(10)6-13-12/h1-4,7-8,13H,5-6H2. The first-order chi connectivity index (χ1) is 6.93. The summed E-state index contributed by atoms with van der Waals surface area (Å²) in [6, 6.07) is 8.56. The van der Waals surface area contributed by atoms with Gasteiger partial charge in [-0.2, -0.15) is 11.3 Å². The molecule has 2 heterocycles. The summed E-state index contributed by atoms with van der Waals surface area (Å²) < 4.78 is 0. The van der Waals surface area contributed by atoms with Gasteiger partial charge in [0.1, 0.15) is 0 Å². The molecule has 0 bridgehead atoms. The summed E-state index contributed by atoms with van der Waals surface area (Å²) in [5.74, 6) is 0. The van der Waals surface area contributed by atoms with E-state index >= 15 is 0 Å². The number of benzene rings is 1. The third-order valence-corrected chi connectivity index (χ3v) is 3.54. The third kappa shape index (κ3) is 1.23. The van der Waals surface area contributed by atoms with Crippen LogP contribution in [-0.4, -0.2) is 0 Å². The highest BCUT2D eigenvalue weighted by Gasteiger charge is 2.11. The molecule has 0 radical (unpaired) electrons. The lowest BCUT2D eigenvalue weighted by molar-refractivity contribution is 1.15. The van der Waals surface area contributed by atoms with Gasteiger partial charge in [0, 0.05) is 18.7 Å². The van der Waals surface area contributed by atoms with E-state index in [0.29, 0.717) is 0 Å². The zero-order chi connectivity index (χ0) is 9.38. The molecule has 0 aliphatic carbocycles. The van der Waals surface area contributed by atoms with Crippen LogP contribution in [0.25, 0.3) is 0 Å². The second-order valence-corrected chi connectivity index (χ2v) is 4.35. The van der Waals surface area contributed by atoms with Gasteiger partial charge in [0.2, 0.25) is 0 Å². The number of anilines is 1. The molecular formula is C12H11NS. The summed E-state index contributed by atoms with van der Waals surface area (Å²) in [5.41, 5.74) is 5.62. The lowest BCUT2D eigenvalue weighted by atomic mass is 10.1. The van der Waals surface area contributed by atoms with Crippen molar-refractivity contribution in [2.24, 2.45) is 0 Å². The van der Waals surface area contributed by atoms with Gasteiger partial charge in [-0.3, -0.25) is 0 Å². The van der Waals surface area contributed by atoms with E-state index in [2.05, 4.69) is 40.3 Å². The van der Waals surface area contributed by atoms with Crippen LogP contribution in [0.4, 0.5) is 5.69 Å². The van der Waals surface area contributed by atoms with Crippen LogP contribution >= 0.6 is 11.3 Å². The highest BCUT2D eigenvalue weighted by molar-refractivity contribution is 7.08. The SMILES string of the molecule is c1ccc2c(c1)Cc1cscc1CN2. The lowest BCUT2D eigenvalue weighted by Crippen LogP contribution is -1.97. The Hall–Kier alpha value is -1.28. The molecule has 70 valence electrons. The van der Waals surface area contributed by atoms with Gasteiger partial charge in [-0.05, 0) is 33.5 Å². The van der Waals surface area contributed by atoms with Crippen molar-refractivity contribution in [2.45, 2.75) is 13.0 Å². The van der Waals surface area contributed by atoms with Gasteiger partial charge in [0.25, 0.3) is 0 Å². The average molecular weight is 201 g/mol. The van der Waals surface area contributed by atoms with Crippen molar-refractivity contribution in [3.8, 4) is 0 Å². The van der Waals surface area contributed by atoms with E-state index in [0.717, 1.165) is 13.0 Å². The molecule has 1 aliphatic rings. The summed E-state index contributed by atoms with van der Waals surface area (Å²) in [6.07, 6.45) is 1.07. The normalized spacial score (nSPS) is 13.7. The van der Waals surface area contributed by atoms with E-state index in [-0.39, 0.29) is 0 Å². The predicted octanol–water partition coefficient (Wildman–Crippen LogP) is 3.26. The summed E-state index contributed by atoms with van der Waals surface area (Å²) in [7, 11) is 0. The first kappa shape index (κ1) is 8.06. The van der Waals surface area contributed by atoms with Gasteiger partial charge in [-0.1, -0.05) is 18.2 Å². The molecule has 0 spiro atoms. The maximum Gasteiger partial charge on any atom is 0.0411 e. The molecule has 0 saturated carbocycles. The summed E-state index contributed by atoms with van der Waals surface area (Å²) in [6.45, 7) is 0.968. The van der Waals surface area contributed by atoms with Crippen molar-refractivity contribution in [1.82, 2.24) is 0 Å². The van der Waals surface area contributed by atoms with Crippen LogP contribution in [0, 0.1) is 0 Å². The van der Waals surface area contributed by atoms with Gasteiger partial charge in [-0.25, -0.2) is 0 Å². The zero-order valence-corrected chi connectivity index (χ0v) is 8.60. The van der Waals surface area contributed by atoms with Crippen molar-refractivity contribution < 1.29 is 0 Å². The Morgan fingerprint density at radius 1 is 1.00 bits per heavy atom. The van der Waals surface area contributed by atoms with Crippen LogP contribution in [0.15, 0.2) is 35.0 Å². The van der Waals surface area contributed by atoms with Crippen molar-refractivity contribution in [3.63, 3.8) is 0 Å². The van der Waals surface area contributed by atoms with Crippen LogP contribution < -0.4 is 5.32 Å². The summed E-state index contributed by atoms with van der Waals surface area (Å²) >= 11 is 1.80. The van der Waals surface area contributed by atoms with E-state index in [1.807, 2.05) is 0 Å². The Labute approximate surface area is 87.4 Å².